The van der Waals surface area contributed by atoms with E-state index < -0.39 is 15.9 Å². The van der Waals surface area contributed by atoms with E-state index in [9.17, 15) is 13.2 Å². The molecule has 2 fully saturated rings. The highest BCUT2D eigenvalue weighted by molar-refractivity contribution is 7.89. The van der Waals surface area contributed by atoms with E-state index in [1.54, 1.807) is 18.5 Å². The maximum Gasteiger partial charge on any atom is 0.283 e. The highest BCUT2D eigenvalue weighted by atomic mass is 35.5. The van der Waals surface area contributed by atoms with Crippen LogP contribution in [0.3, 0.4) is 0 Å². The van der Waals surface area contributed by atoms with Gasteiger partial charge in [0.25, 0.3) is 5.91 Å². The van der Waals surface area contributed by atoms with Crippen LogP contribution in [0.25, 0.3) is 27.7 Å². The van der Waals surface area contributed by atoms with Gasteiger partial charge in [0.1, 0.15) is 17.1 Å². The summed E-state index contributed by atoms with van der Waals surface area (Å²) in [5.41, 5.74) is 6.48. The first kappa shape index (κ1) is 28.3. The molecule has 1 saturated carbocycles. The van der Waals surface area contributed by atoms with E-state index in [-0.39, 0.29) is 11.1 Å². The fourth-order valence-electron chi connectivity index (χ4n) is 6.37. The van der Waals surface area contributed by atoms with E-state index in [0.29, 0.717) is 32.7 Å². The summed E-state index contributed by atoms with van der Waals surface area (Å²) < 4.78 is 30.8. The van der Waals surface area contributed by atoms with Gasteiger partial charge in [0, 0.05) is 53.6 Å². The van der Waals surface area contributed by atoms with Crippen LogP contribution in [0, 0.1) is 12.3 Å². The van der Waals surface area contributed by atoms with E-state index >= 15 is 0 Å². The van der Waals surface area contributed by atoms with E-state index in [2.05, 4.69) is 32.2 Å². The number of rotatable bonds is 6. The van der Waals surface area contributed by atoms with Gasteiger partial charge in [0.2, 0.25) is 10.0 Å². The molecule has 43 heavy (non-hydrogen) atoms. The number of hydrogen-bond acceptors (Lipinski definition) is 8. The molecule has 0 bridgehead atoms. The summed E-state index contributed by atoms with van der Waals surface area (Å²) in [7, 11) is -3.68. The minimum atomic E-state index is -3.68. The van der Waals surface area contributed by atoms with Crippen LogP contribution in [0.1, 0.15) is 65.4 Å². The number of allylic oxidation sites excluding steroid dienone is 2. The van der Waals surface area contributed by atoms with Crippen LogP contribution in [0.2, 0.25) is 10.0 Å². The topological polar surface area (TPSA) is 118 Å². The molecule has 0 radical (unpaired) electrons. The highest BCUT2D eigenvalue weighted by Gasteiger charge is 2.44. The van der Waals surface area contributed by atoms with Gasteiger partial charge in [-0.1, -0.05) is 34.4 Å². The van der Waals surface area contributed by atoms with E-state index in [1.165, 1.54) is 5.57 Å². The van der Waals surface area contributed by atoms with Crippen molar-refractivity contribution in [1.82, 2.24) is 19.8 Å². The van der Waals surface area contributed by atoms with Crippen molar-refractivity contribution in [2.24, 2.45) is 5.41 Å². The lowest BCUT2D eigenvalue weighted by molar-refractivity contribution is 0.0977. The van der Waals surface area contributed by atoms with Gasteiger partial charge in [-0.05, 0) is 79.8 Å². The lowest BCUT2D eigenvalue weighted by Crippen LogP contribution is -2.42. The van der Waals surface area contributed by atoms with Crippen molar-refractivity contribution in [1.29, 1.82) is 0 Å². The number of amides is 1. The normalized spacial score (nSPS) is 18.0. The summed E-state index contributed by atoms with van der Waals surface area (Å²) in [5.74, 6) is 0.598. The zero-order valence-electron chi connectivity index (χ0n) is 23.7. The van der Waals surface area contributed by atoms with Gasteiger partial charge in [0.05, 0.1) is 21.8 Å². The molecule has 12 heteroatoms. The van der Waals surface area contributed by atoms with Gasteiger partial charge in [-0.2, -0.15) is 0 Å². The van der Waals surface area contributed by atoms with Crippen molar-refractivity contribution in [3.63, 3.8) is 0 Å². The number of fused-ring (bicyclic) bond motifs is 1. The first-order valence-corrected chi connectivity index (χ1v) is 16.8. The number of benzene rings is 1. The van der Waals surface area contributed by atoms with Crippen LogP contribution < -0.4 is 9.62 Å². The summed E-state index contributed by atoms with van der Waals surface area (Å²) in [4.78, 5) is 23.2. The molecule has 3 aromatic heterocycles. The Kier molecular flexibility index (Phi) is 6.79. The van der Waals surface area contributed by atoms with E-state index in [0.717, 1.165) is 79.4 Å². The largest absolute Gasteiger partial charge is 0.371 e. The molecule has 9 nitrogen and oxygen atoms in total. The maximum atomic E-state index is 12.4. The molecule has 7 rings (SSSR count). The first-order valence-electron chi connectivity index (χ1n) is 14.2. The molecule has 222 valence electrons. The molecule has 2 aliphatic carbocycles. The number of hydrogen-bond donors (Lipinski definition) is 1. The fraction of sp³-hybridized carbons (Fsp3) is 0.355. The first-order chi connectivity index (χ1) is 20.5. The number of pyridine rings is 2. The number of carbonyl (C=O) groups excluding carboxylic acids is 1. The Morgan fingerprint density at radius 1 is 1.09 bits per heavy atom. The summed E-state index contributed by atoms with van der Waals surface area (Å²) in [5, 5.41) is 6.30. The zero-order chi connectivity index (χ0) is 30.1. The summed E-state index contributed by atoms with van der Waals surface area (Å²) in [6, 6.07) is 7.63. The highest BCUT2D eigenvalue weighted by Crippen LogP contribution is 2.56. The second-order valence-electron chi connectivity index (χ2n) is 11.9. The Bertz CT molecular complexity index is 1920. The van der Waals surface area contributed by atoms with Gasteiger partial charge in [-0.3, -0.25) is 9.78 Å². The van der Waals surface area contributed by atoms with Crippen LogP contribution in [-0.2, 0) is 10.0 Å². The number of aromatic nitrogens is 3. The summed E-state index contributed by atoms with van der Waals surface area (Å²) >= 11 is 13.0. The zero-order valence-corrected chi connectivity index (χ0v) is 26.0. The Morgan fingerprint density at radius 3 is 2.44 bits per heavy atom. The average Bonchev–Trinajstić information content (AvgIpc) is 3.70. The Hall–Kier alpha value is -3.47. The Labute approximate surface area is 259 Å². The van der Waals surface area contributed by atoms with Gasteiger partial charge >= 0.3 is 0 Å². The number of aryl methyl sites for hydroxylation is 1. The van der Waals surface area contributed by atoms with Gasteiger partial charge < -0.3 is 9.42 Å². The van der Waals surface area contributed by atoms with Crippen molar-refractivity contribution in [2.45, 2.75) is 44.9 Å². The van der Waals surface area contributed by atoms with Gasteiger partial charge in [-0.15, -0.1) is 0 Å². The number of nitrogens with one attached hydrogen (secondary N) is 1. The molecule has 1 amide bonds. The van der Waals surface area contributed by atoms with E-state index in [1.807, 2.05) is 23.8 Å². The minimum absolute atomic E-state index is 0.0740. The molecule has 3 aliphatic rings. The number of carbonyl (C=O) groups is 1. The second kappa shape index (κ2) is 10.3. The lowest BCUT2D eigenvalue weighted by Gasteiger charge is -2.47. The predicted octanol–water partition coefficient (Wildman–Crippen LogP) is 6.54. The minimum Gasteiger partial charge on any atom is -0.371 e. The predicted molar refractivity (Wildman–Crippen MR) is 167 cm³/mol. The molecule has 0 unspecified atom stereocenters. The number of nitrogens with zero attached hydrogens (tertiary/aromatic N) is 4. The van der Waals surface area contributed by atoms with Crippen molar-refractivity contribution >= 4 is 61.3 Å². The van der Waals surface area contributed by atoms with Gasteiger partial charge in [0.15, 0.2) is 0 Å². The molecule has 1 N–H and O–H groups in total. The van der Waals surface area contributed by atoms with Gasteiger partial charge in [-0.25, -0.2) is 18.1 Å². The van der Waals surface area contributed by atoms with Crippen molar-refractivity contribution in [3.8, 4) is 11.3 Å². The lowest BCUT2D eigenvalue weighted by atomic mass is 9.63. The molecule has 1 saturated heterocycles. The monoisotopic (exact) mass is 637 g/mol. The van der Waals surface area contributed by atoms with Crippen LogP contribution >= 0.6 is 23.2 Å². The third-order valence-electron chi connectivity index (χ3n) is 8.74. The number of anilines is 1. The molecule has 1 spiro atoms. The molecule has 1 aromatic carbocycles. The maximum absolute atomic E-state index is 12.4. The molecule has 1 aliphatic heterocycles. The van der Waals surface area contributed by atoms with Crippen LogP contribution in [0.15, 0.2) is 47.3 Å². The number of sulfonamides is 1. The van der Waals surface area contributed by atoms with Crippen LogP contribution in [0.5, 0.6) is 0 Å². The van der Waals surface area contributed by atoms with E-state index in [4.69, 9.17) is 27.7 Å². The van der Waals surface area contributed by atoms with Crippen LogP contribution in [0.4, 0.5) is 5.69 Å². The molecule has 4 aromatic rings. The quantitative estimate of drug-likeness (QED) is 0.253. The Morgan fingerprint density at radius 2 is 1.79 bits per heavy atom. The smallest absolute Gasteiger partial charge is 0.283 e. The third kappa shape index (κ3) is 5.30. The fourth-order valence-corrected chi connectivity index (χ4v) is 7.36. The third-order valence-corrected chi connectivity index (χ3v) is 9.86. The standard InChI is InChI=1S/C31H29Cl2N5O4S/c1-17-11-25(30(39)37-43(2,40)41)35-24-6-5-20(12-21(17)24)38-9-7-31(8-10-38)13-19(14-31)26-28(36-42-29(26)18-3-4-18)27-22(32)15-34-16-23(27)33/h5-6,11-13,15-16,18H,3-4,7-10,14H2,1-2H3,(H,37,39). The summed E-state index contributed by atoms with van der Waals surface area (Å²) in [6.45, 7) is 3.72. The van der Waals surface area contributed by atoms with Crippen molar-refractivity contribution in [2.75, 3.05) is 24.2 Å². The second-order valence-corrected chi connectivity index (χ2v) is 14.5. The van der Waals surface area contributed by atoms with Crippen molar-refractivity contribution < 1.29 is 17.7 Å². The summed E-state index contributed by atoms with van der Waals surface area (Å²) in [6.07, 6.45) is 11.7. The average molecular weight is 639 g/mol. The van der Waals surface area contributed by atoms with Crippen LogP contribution in [-0.4, -0.2) is 48.8 Å². The number of halogens is 2. The number of piperidine rings is 1. The SMILES string of the molecule is Cc1cc(C(=O)NS(C)(=O)=O)nc2ccc(N3CCC4(C=C(c5c(-c6c(Cl)cncc6Cl)noc5C5CC5)C4)CC3)cc12. The van der Waals surface area contributed by atoms with Crippen molar-refractivity contribution in [3.05, 3.63) is 75.4 Å². The molecular formula is C31H29Cl2N5O4S. The molecule has 0 atom stereocenters. The molecule has 4 heterocycles. The molecular weight excluding hydrogens is 609 g/mol. The Balaban J connectivity index is 1.10.